The van der Waals surface area contributed by atoms with Crippen molar-refractivity contribution < 1.29 is 14.2 Å². The van der Waals surface area contributed by atoms with Crippen molar-refractivity contribution in [3.8, 4) is 11.9 Å². The summed E-state index contributed by atoms with van der Waals surface area (Å²) in [7, 11) is 5.03. The minimum Gasteiger partial charge on any atom is -0.481 e. The molecule has 0 aromatic carbocycles. The molecular formula is C16H25N3O3. The molecule has 6 heteroatoms. The van der Waals surface area contributed by atoms with E-state index in [1.54, 1.807) is 14.2 Å². The zero-order valence-electron chi connectivity index (χ0n) is 13.7. The van der Waals surface area contributed by atoms with Crippen LogP contribution in [0, 0.1) is 5.41 Å². The molecule has 1 spiro atoms. The molecule has 122 valence electrons. The average Bonchev–Trinajstić information content (AvgIpc) is 2.96. The summed E-state index contributed by atoms with van der Waals surface area (Å²) < 4.78 is 16.2. The topological polar surface area (TPSA) is 56.7 Å². The number of piperidine rings is 1. The van der Waals surface area contributed by atoms with E-state index in [2.05, 4.69) is 14.9 Å². The van der Waals surface area contributed by atoms with E-state index >= 15 is 0 Å². The van der Waals surface area contributed by atoms with Crippen molar-refractivity contribution in [1.29, 1.82) is 0 Å². The van der Waals surface area contributed by atoms with Crippen LogP contribution in [-0.4, -0.2) is 50.5 Å². The van der Waals surface area contributed by atoms with Crippen molar-refractivity contribution in [3.63, 3.8) is 0 Å². The Labute approximate surface area is 131 Å². The molecule has 0 amide bonds. The van der Waals surface area contributed by atoms with E-state index in [1.807, 2.05) is 13.2 Å². The Balaban J connectivity index is 1.85. The molecule has 2 aliphatic rings. The number of hydrogen-bond acceptors (Lipinski definition) is 6. The van der Waals surface area contributed by atoms with Gasteiger partial charge in [-0.1, -0.05) is 6.42 Å². The van der Waals surface area contributed by atoms with Gasteiger partial charge in [0.05, 0.1) is 20.3 Å². The molecule has 1 aromatic rings. The molecule has 0 radical (unpaired) electrons. The fourth-order valence-electron chi connectivity index (χ4n) is 4.05. The SMILES string of the molecule is COc1cc(N2CCC[C@@]3(CCC[C@H]3OC)C2)nc(OC)n1. The molecule has 0 N–H and O–H groups in total. The van der Waals surface area contributed by atoms with E-state index in [-0.39, 0.29) is 5.41 Å². The molecule has 22 heavy (non-hydrogen) atoms. The first kappa shape index (κ1) is 15.3. The van der Waals surface area contributed by atoms with Crippen LogP contribution in [0.4, 0.5) is 5.82 Å². The minimum atomic E-state index is 0.262. The van der Waals surface area contributed by atoms with E-state index in [1.165, 1.54) is 25.7 Å². The van der Waals surface area contributed by atoms with Gasteiger partial charge in [-0.2, -0.15) is 9.97 Å². The van der Waals surface area contributed by atoms with E-state index in [0.717, 1.165) is 25.3 Å². The first-order chi connectivity index (χ1) is 10.7. The van der Waals surface area contributed by atoms with Crippen LogP contribution < -0.4 is 14.4 Å². The highest BCUT2D eigenvalue weighted by Crippen LogP contribution is 2.47. The Morgan fingerprint density at radius 3 is 2.68 bits per heavy atom. The van der Waals surface area contributed by atoms with Gasteiger partial charge >= 0.3 is 6.01 Å². The second-order valence-electron chi connectivity index (χ2n) is 6.26. The zero-order chi connectivity index (χ0) is 15.6. The van der Waals surface area contributed by atoms with Gasteiger partial charge < -0.3 is 19.1 Å². The Morgan fingerprint density at radius 1 is 1.14 bits per heavy atom. The molecule has 1 aliphatic carbocycles. The second-order valence-corrected chi connectivity index (χ2v) is 6.26. The van der Waals surface area contributed by atoms with E-state index < -0.39 is 0 Å². The molecular weight excluding hydrogens is 282 g/mol. The lowest BCUT2D eigenvalue weighted by Crippen LogP contribution is -2.48. The number of nitrogens with zero attached hydrogens (tertiary/aromatic N) is 3. The first-order valence-corrected chi connectivity index (χ1v) is 7.95. The van der Waals surface area contributed by atoms with Gasteiger partial charge in [0.2, 0.25) is 5.88 Å². The molecule has 2 fully saturated rings. The first-order valence-electron chi connectivity index (χ1n) is 7.95. The highest BCUT2D eigenvalue weighted by Gasteiger charge is 2.46. The maximum atomic E-state index is 5.77. The predicted octanol–water partition coefficient (Wildman–Crippen LogP) is 2.28. The summed E-state index contributed by atoms with van der Waals surface area (Å²) in [6, 6.07) is 2.24. The summed E-state index contributed by atoms with van der Waals surface area (Å²) in [5.74, 6) is 1.42. The average molecular weight is 307 g/mol. The van der Waals surface area contributed by atoms with Gasteiger partial charge in [-0.15, -0.1) is 0 Å². The minimum absolute atomic E-state index is 0.262. The third-order valence-corrected chi connectivity index (χ3v) is 5.10. The number of aromatic nitrogens is 2. The predicted molar refractivity (Wildman–Crippen MR) is 83.7 cm³/mol. The summed E-state index contributed by atoms with van der Waals surface area (Å²) in [6.07, 6.45) is 6.42. The second kappa shape index (κ2) is 6.28. The van der Waals surface area contributed by atoms with Gasteiger partial charge in [-0.05, 0) is 25.7 Å². The van der Waals surface area contributed by atoms with E-state index in [9.17, 15) is 0 Å². The normalized spacial score (nSPS) is 28.1. The Morgan fingerprint density at radius 2 is 1.95 bits per heavy atom. The lowest BCUT2D eigenvalue weighted by Gasteiger charge is -2.44. The van der Waals surface area contributed by atoms with Gasteiger partial charge in [0.25, 0.3) is 0 Å². The summed E-state index contributed by atoms with van der Waals surface area (Å²) in [5, 5.41) is 0. The number of ether oxygens (including phenoxy) is 3. The number of anilines is 1. The van der Waals surface area contributed by atoms with Crippen LogP contribution in [0.15, 0.2) is 6.07 Å². The molecule has 2 heterocycles. The Kier molecular flexibility index (Phi) is 4.38. The van der Waals surface area contributed by atoms with Crippen LogP contribution in [0.25, 0.3) is 0 Å². The van der Waals surface area contributed by atoms with Crippen molar-refractivity contribution in [1.82, 2.24) is 9.97 Å². The molecule has 3 rings (SSSR count). The quantitative estimate of drug-likeness (QED) is 0.850. The molecule has 6 nitrogen and oxygen atoms in total. The molecule has 0 bridgehead atoms. The van der Waals surface area contributed by atoms with Gasteiger partial charge in [-0.3, -0.25) is 0 Å². The summed E-state index contributed by atoms with van der Waals surface area (Å²) in [6.45, 7) is 1.98. The molecule has 1 saturated carbocycles. The fraction of sp³-hybridized carbons (Fsp3) is 0.750. The van der Waals surface area contributed by atoms with Crippen molar-refractivity contribution in [3.05, 3.63) is 6.07 Å². The Hall–Kier alpha value is -1.56. The third kappa shape index (κ3) is 2.72. The van der Waals surface area contributed by atoms with Gasteiger partial charge in [-0.25, -0.2) is 0 Å². The summed E-state index contributed by atoms with van der Waals surface area (Å²) in [5.41, 5.74) is 0.262. The smallest absolute Gasteiger partial charge is 0.321 e. The summed E-state index contributed by atoms with van der Waals surface area (Å²) >= 11 is 0. The highest BCUT2D eigenvalue weighted by atomic mass is 16.5. The van der Waals surface area contributed by atoms with Crippen molar-refractivity contribution in [2.45, 2.75) is 38.2 Å². The number of hydrogen-bond donors (Lipinski definition) is 0. The maximum Gasteiger partial charge on any atom is 0.321 e. The number of methoxy groups -OCH3 is 3. The van der Waals surface area contributed by atoms with Crippen LogP contribution in [0.1, 0.15) is 32.1 Å². The molecule has 1 aromatic heterocycles. The third-order valence-electron chi connectivity index (χ3n) is 5.10. The van der Waals surface area contributed by atoms with Crippen LogP contribution in [0.5, 0.6) is 11.9 Å². The molecule has 1 saturated heterocycles. The van der Waals surface area contributed by atoms with Crippen LogP contribution in [-0.2, 0) is 4.74 Å². The van der Waals surface area contributed by atoms with Crippen molar-refractivity contribution in [2.24, 2.45) is 5.41 Å². The van der Waals surface area contributed by atoms with Crippen LogP contribution in [0.2, 0.25) is 0 Å². The van der Waals surface area contributed by atoms with Gasteiger partial charge in [0, 0.05) is 31.7 Å². The van der Waals surface area contributed by atoms with Crippen molar-refractivity contribution in [2.75, 3.05) is 39.3 Å². The summed E-state index contributed by atoms with van der Waals surface area (Å²) in [4.78, 5) is 11.0. The number of rotatable bonds is 4. The van der Waals surface area contributed by atoms with Gasteiger partial charge in [0.15, 0.2) is 0 Å². The van der Waals surface area contributed by atoms with E-state index in [4.69, 9.17) is 14.2 Å². The maximum absolute atomic E-state index is 5.77. The highest BCUT2D eigenvalue weighted by molar-refractivity contribution is 5.44. The Bertz CT molecular complexity index is 503. The van der Waals surface area contributed by atoms with Crippen LogP contribution >= 0.6 is 0 Å². The van der Waals surface area contributed by atoms with Crippen molar-refractivity contribution >= 4 is 5.82 Å². The molecule has 1 aliphatic heterocycles. The lowest BCUT2D eigenvalue weighted by molar-refractivity contribution is 0.00214. The standard InChI is InChI=1S/C16H25N3O3/c1-20-12-6-4-7-16(12)8-5-9-19(11-16)13-10-14(21-2)18-15(17-13)22-3/h10,12H,4-9,11H2,1-3H3/t12-,16+/m1/s1. The zero-order valence-corrected chi connectivity index (χ0v) is 13.7. The van der Waals surface area contributed by atoms with E-state index in [0.29, 0.717) is 18.0 Å². The molecule has 0 unspecified atom stereocenters. The fourth-order valence-corrected chi connectivity index (χ4v) is 4.05. The monoisotopic (exact) mass is 307 g/mol. The lowest BCUT2D eigenvalue weighted by atomic mass is 9.76. The largest absolute Gasteiger partial charge is 0.481 e. The molecule has 2 atom stereocenters. The van der Waals surface area contributed by atoms with Gasteiger partial charge in [0.1, 0.15) is 5.82 Å². The van der Waals surface area contributed by atoms with Crippen LogP contribution in [0.3, 0.4) is 0 Å².